The molecule has 1 saturated heterocycles. The minimum atomic E-state index is 0. The lowest BCUT2D eigenvalue weighted by Crippen LogP contribution is -2.50. The normalized spacial score (nSPS) is 16.0. The Kier molecular flexibility index (Phi) is 13.4. The maximum Gasteiger partial charge on any atom is 0.219 e. The van der Waals surface area contributed by atoms with Crippen molar-refractivity contribution in [1.29, 1.82) is 0 Å². The van der Waals surface area contributed by atoms with E-state index in [1.54, 1.807) is 6.92 Å². The fourth-order valence-corrected chi connectivity index (χ4v) is 2.73. The maximum absolute atomic E-state index is 11.3. The van der Waals surface area contributed by atoms with E-state index in [1.165, 1.54) is 12.8 Å². The summed E-state index contributed by atoms with van der Waals surface area (Å²) in [7, 11) is 0. The van der Waals surface area contributed by atoms with Crippen LogP contribution in [0.5, 0.6) is 0 Å². The Hall–Kier alpha value is -0.570. The van der Waals surface area contributed by atoms with Gasteiger partial charge in [0, 0.05) is 59.3 Å². The Bertz CT molecular complexity index is 366. The van der Waals surface area contributed by atoms with Gasteiger partial charge in [0.05, 0.1) is 0 Å². The van der Waals surface area contributed by atoms with E-state index in [0.29, 0.717) is 5.92 Å². The lowest BCUT2D eigenvalue weighted by Gasteiger charge is -2.34. The lowest BCUT2D eigenvalue weighted by atomic mass is 10.0. The second-order valence-corrected chi connectivity index (χ2v) is 6.18. The number of rotatable bonds is 8. The second-order valence-electron chi connectivity index (χ2n) is 6.18. The van der Waals surface area contributed by atoms with Gasteiger partial charge >= 0.3 is 0 Å². The van der Waals surface area contributed by atoms with Gasteiger partial charge < -0.3 is 15.5 Å². The molecule has 1 fully saturated rings. The Morgan fingerprint density at radius 3 is 2.21 bits per heavy atom. The Labute approximate surface area is 164 Å². The number of nitrogens with zero attached hydrogens (tertiary/aromatic N) is 3. The van der Waals surface area contributed by atoms with Crippen molar-refractivity contribution < 1.29 is 4.79 Å². The summed E-state index contributed by atoms with van der Waals surface area (Å²) in [6, 6.07) is 0. The highest BCUT2D eigenvalue weighted by Gasteiger charge is 2.17. The topological polar surface area (TPSA) is 60.0 Å². The zero-order valence-corrected chi connectivity index (χ0v) is 18.1. The SMILES string of the molecule is CCNC(=NCC(CC)CC)NCCN1CCN(C(C)=O)CC1.I. The van der Waals surface area contributed by atoms with E-state index in [9.17, 15) is 4.79 Å². The van der Waals surface area contributed by atoms with Crippen LogP contribution in [-0.2, 0) is 4.79 Å². The van der Waals surface area contributed by atoms with Gasteiger partial charge in [-0.1, -0.05) is 26.7 Å². The molecular weight excluding hydrogens is 417 g/mol. The van der Waals surface area contributed by atoms with Crippen molar-refractivity contribution in [3.63, 3.8) is 0 Å². The number of halogens is 1. The van der Waals surface area contributed by atoms with Crippen LogP contribution in [-0.4, -0.2) is 74.0 Å². The molecule has 1 amide bonds. The first kappa shape index (κ1) is 23.4. The molecule has 0 unspecified atom stereocenters. The van der Waals surface area contributed by atoms with E-state index < -0.39 is 0 Å². The number of amides is 1. The number of guanidine groups is 1. The Morgan fingerprint density at radius 1 is 1.08 bits per heavy atom. The predicted molar refractivity (Wildman–Crippen MR) is 112 cm³/mol. The van der Waals surface area contributed by atoms with Gasteiger partial charge in [-0.05, 0) is 12.8 Å². The van der Waals surface area contributed by atoms with Crippen LogP contribution in [0, 0.1) is 5.92 Å². The molecule has 0 atom stereocenters. The van der Waals surface area contributed by atoms with Gasteiger partial charge in [0.2, 0.25) is 5.91 Å². The molecule has 0 bridgehead atoms. The van der Waals surface area contributed by atoms with Gasteiger partial charge in [0.1, 0.15) is 0 Å². The fraction of sp³-hybridized carbons (Fsp3) is 0.882. The molecule has 0 spiro atoms. The molecule has 0 aromatic rings. The smallest absolute Gasteiger partial charge is 0.219 e. The van der Waals surface area contributed by atoms with Crippen molar-refractivity contribution in [3.05, 3.63) is 0 Å². The maximum atomic E-state index is 11.3. The molecule has 0 aromatic heterocycles. The van der Waals surface area contributed by atoms with Crippen LogP contribution >= 0.6 is 24.0 Å². The molecule has 24 heavy (non-hydrogen) atoms. The highest BCUT2D eigenvalue weighted by atomic mass is 127. The highest BCUT2D eigenvalue weighted by Crippen LogP contribution is 2.07. The number of carbonyl (C=O) groups is 1. The van der Waals surface area contributed by atoms with Crippen LogP contribution in [0.3, 0.4) is 0 Å². The number of hydrogen-bond acceptors (Lipinski definition) is 3. The molecule has 1 heterocycles. The number of carbonyl (C=O) groups excluding carboxylic acids is 1. The molecule has 0 radical (unpaired) electrons. The van der Waals surface area contributed by atoms with Gasteiger partial charge in [0.25, 0.3) is 0 Å². The molecule has 0 aromatic carbocycles. The standard InChI is InChI=1S/C17H35N5O.HI/c1-5-16(6-2)14-20-17(18-7-3)19-8-9-21-10-12-22(13-11-21)15(4)23;/h16H,5-14H2,1-4H3,(H2,18,19,20);1H. The van der Waals surface area contributed by atoms with Crippen LogP contribution in [0.1, 0.15) is 40.5 Å². The summed E-state index contributed by atoms with van der Waals surface area (Å²) in [5, 5.41) is 6.74. The van der Waals surface area contributed by atoms with E-state index in [4.69, 9.17) is 4.99 Å². The third-order valence-corrected chi connectivity index (χ3v) is 4.54. The van der Waals surface area contributed by atoms with Crippen molar-refractivity contribution in [2.75, 3.05) is 52.4 Å². The summed E-state index contributed by atoms with van der Waals surface area (Å²) in [5.74, 6) is 1.78. The van der Waals surface area contributed by atoms with E-state index in [1.807, 2.05) is 4.90 Å². The second kappa shape index (κ2) is 13.7. The first-order valence-electron chi connectivity index (χ1n) is 9.10. The molecular formula is C17H36IN5O. The number of aliphatic imine (C=N–C) groups is 1. The van der Waals surface area contributed by atoms with Crippen molar-refractivity contribution in [2.45, 2.75) is 40.5 Å². The van der Waals surface area contributed by atoms with E-state index in [-0.39, 0.29) is 29.9 Å². The summed E-state index contributed by atoms with van der Waals surface area (Å²) >= 11 is 0. The zero-order valence-electron chi connectivity index (χ0n) is 15.8. The molecule has 7 heteroatoms. The van der Waals surface area contributed by atoms with Crippen molar-refractivity contribution in [3.8, 4) is 0 Å². The van der Waals surface area contributed by atoms with Gasteiger partial charge in [-0.15, -0.1) is 24.0 Å². The largest absolute Gasteiger partial charge is 0.357 e. The molecule has 1 rings (SSSR count). The Morgan fingerprint density at radius 2 is 1.71 bits per heavy atom. The number of nitrogens with one attached hydrogen (secondary N) is 2. The van der Waals surface area contributed by atoms with Crippen LogP contribution in [0.4, 0.5) is 0 Å². The van der Waals surface area contributed by atoms with E-state index in [2.05, 4.69) is 36.3 Å². The number of hydrogen-bond donors (Lipinski definition) is 2. The predicted octanol–water partition coefficient (Wildman–Crippen LogP) is 1.76. The molecule has 2 N–H and O–H groups in total. The first-order valence-corrected chi connectivity index (χ1v) is 9.10. The Balaban J connectivity index is 0.00000529. The quantitative estimate of drug-likeness (QED) is 0.334. The summed E-state index contributed by atoms with van der Waals surface area (Å²) in [5.41, 5.74) is 0. The molecule has 6 nitrogen and oxygen atoms in total. The van der Waals surface area contributed by atoms with Gasteiger partial charge in [-0.25, -0.2) is 0 Å². The van der Waals surface area contributed by atoms with Crippen molar-refractivity contribution >= 4 is 35.8 Å². The molecule has 0 saturated carbocycles. The molecule has 1 aliphatic rings. The van der Waals surface area contributed by atoms with Crippen LogP contribution < -0.4 is 10.6 Å². The molecule has 1 aliphatic heterocycles. The van der Waals surface area contributed by atoms with Gasteiger partial charge in [0.15, 0.2) is 5.96 Å². The molecule has 142 valence electrons. The average molecular weight is 453 g/mol. The fourth-order valence-electron chi connectivity index (χ4n) is 2.73. The van der Waals surface area contributed by atoms with E-state index >= 15 is 0 Å². The summed E-state index contributed by atoms with van der Waals surface area (Å²) in [4.78, 5) is 20.3. The van der Waals surface area contributed by atoms with Gasteiger partial charge in [-0.2, -0.15) is 0 Å². The van der Waals surface area contributed by atoms with Crippen molar-refractivity contribution in [2.24, 2.45) is 10.9 Å². The summed E-state index contributed by atoms with van der Waals surface area (Å²) < 4.78 is 0. The molecule has 0 aliphatic carbocycles. The highest BCUT2D eigenvalue weighted by molar-refractivity contribution is 14.0. The minimum absolute atomic E-state index is 0. The number of piperazine rings is 1. The van der Waals surface area contributed by atoms with Gasteiger partial charge in [-0.3, -0.25) is 14.7 Å². The average Bonchev–Trinajstić information content (AvgIpc) is 2.56. The van der Waals surface area contributed by atoms with Crippen LogP contribution in [0.15, 0.2) is 4.99 Å². The van der Waals surface area contributed by atoms with E-state index in [0.717, 1.165) is 58.3 Å². The van der Waals surface area contributed by atoms with Crippen molar-refractivity contribution in [1.82, 2.24) is 20.4 Å². The summed E-state index contributed by atoms with van der Waals surface area (Å²) in [6.07, 6.45) is 2.36. The third-order valence-electron chi connectivity index (χ3n) is 4.54. The minimum Gasteiger partial charge on any atom is -0.357 e. The zero-order chi connectivity index (χ0) is 17.1. The monoisotopic (exact) mass is 453 g/mol. The van der Waals surface area contributed by atoms with Crippen LogP contribution in [0.25, 0.3) is 0 Å². The summed E-state index contributed by atoms with van der Waals surface area (Å²) in [6.45, 7) is 15.4. The lowest BCUT2D eigenvalue weighted by molar-refractivity contribution is -0.130. The van der Waals surface area contributed by atoms with Crippen LogP contribution in [0.2, 0.25) is 0 Å². The third kappa shape index (κ3) is 9.05. The first-order chi connectivity index (χ1) is 11.1.